The first-order valence-electron chi connectivity index (χ1n) is 10.4. The van der Waals surface area contributed by atoms with Crippen LogP contribution in [-0.2, 0) is 25.2 Å². The second-order valence-corrected chi connectivity index (χ2v) is 9.99. The Kier molecular flexibility index (Phi) is 6.84. The molecule has 0 spiro atoms. The number of methoxy groups -OCH3 is 1. The van der Waals surface area contributed by atoms with E-state index >= 15 is 0 Å². The lowest BCUT2D eigenvalue weighted by molar-refractivity contribution is -0.146. The van der Waals surface area contributed by atoms with Crippen molar-refractivity contribution in [3.05, 3.63) is 69.8 Å². The summed E-state index contributed by atoms with van der Waals surface area (Å²) in [4.78, 5) is 0. The molecule has 0 radical (unpaired) electrons. The fraction of sp³-hybridized carbons (Fsp3) is 0.364. The zero-order valence-corrected chi connectivity index (χ0v) is 20.4. The van der Waals surface area contributed by atoms with Gasteiger partial charge in [-0.1, -0.05) is 23.7 Å². The molecule has 0 fully saturated rings. The zero-order chi connectivity index (χ0) is 25.5. The SMILES string of the molecule is COc1cccc([C@H]2O[C@H](CCOS(C)(=O)=O)c3nnc(C(F)(F)F)n3-c3ccc(Cl)cc32)c1C. The summed E-state index contributed by atoms with van der Waals surface area (Å²) in [5.41, 5.74) is 1.84. The zero-order valence-electron chi connectivity index (χ0n) is 18.8. The van der Waals surface area contributed by atoms with Crippen LogP contribution in [0.3, 0.4) is 0 Å². The van der Waals surface area contributed by atoms with E-state index in [0.29, 0.717) is 27.5 Å². The van der Waals surface area contributed by atoms with E-state index in [2.05, 4.69) is 10.2 Å². The largest absolute Gasteiger partial charge is 0.496 e. The molecule has 35 heavy (non-hydrogen) atoms. The third kappa shape index (κ3) is 5.15. The van der Waals surface area contributed by atoms with Crippen molar-refractivity contribution in [1.29, 1.82) is 0 Å². The topological polar surface area (TPSA) is 92.5 Å². The number of nitrogens with zero attached hydrogens (tertiary/aromatic N) is 3. The second kappa shape index (κ2) is 9.41. The molecule has 0 aliphatic carbocycles. The molecule has 3 aromatic rings. The third-order valence-electron chi connectivity index (χ3n) is 5.55. The van der Waals surface area contributed by atoms with Gasteiger partial charge in [-0.15, -0.1) is 10.2 Å². The standard InChI is InChI=1S/C22H21ClF3N3O5S/c1-12-14(5-4-6-17(12)32-2)19-15-11-13(23)7-8-16(15)29-20(27-28-21(29)22(24,25)26)18(34-19)9-10-33-35(3,30)31/h4-8,11,18-19H,9-10H2,1-3H3/t18-,19-/m1/s1. The van der Waals surface area contributed by atoms with Gasteiger partial charge in [0.15, 0.2) is 5.82 Å². The van der Waals surface area contributed by atoms with Crippen LogP contribution < -0.4 is 4.74 Å². The normalized spacial score (nSPS) is 18.0. The number of rotatable bonds is 6. The number of fused-ring (bicyclic) bond motifs is 3. The van der Waals surface area contributed by atoms with Crippen molar-refractivity contribution in [2.24, 2.45) is 0 Å². The Morgan fingerprint density at radius 3 is 2.57 bits per heavy atom. The van der Waals surface area contributed by atoms with Crippen LogP contribution >= 0.6 is 11.6 Å². The van der Waals surface area contributed by atoms with Crippen LogP contribution in [-0.4, -0.2) is 43.2 Å². The molecule has 1 aliphatic heterocycles. The minimum absolute atomic E-state index is 0.107. The Hall–Kier alpha value is -2.67. The Balaban J connectivity index is 1.94. The maximum atomic E-state index is 13.9. The van der Waals surface area contributed by atoms with Crippen LogP contribution in [0.15, 0.2) is 36.4 Å². The van der Waals surface area contributed by atoms with Crippen molar-refractivity contribution in [3.8, 4) is 11.4 Å². The summed E-state index contributed by atoms with van der Waals surface area (Å²) in [5, 5.41) is 7.46. The minimum Gasteiger partial charge on any atom is -0.496 e. The van der Waals surface area contributed by atoms with Crippen molar-refractivity contribution >= 4 is 21.7 Å². The maximum Gasteiger partial charge on any atom is 0.452 e. The van der Waals surface area contributed by atoms with Gasteiger partial charge in [0.2, 0.25) is 5.82 Å². The molecule has 0 amide bonds. The summed E-state index contributed by atoms with van der Waals surface area (Å²) < 4.78 is 82.2. The van der Waals surface area contributed by atoms with E-state index in [-0.39, 0.29) is 24.5 Å². The van der Waals surface area contributed by atoms with E-state index in [1.165, 1.54) is 25.3 Å². The van der Waals surface area contributed by atoms with Gasteiger partial charge in [-0.05, 0) is 42.3 Å². The van der Waals surface area contributed by atoms with Gasteiger partial charge < -0.3 is 9.47 Å². The molecule has 8 nitrogen and oxygen atoms in total. The van der Waals surface area contributed by atoms with Crippen molar-refractivity contribution in [3.63, 3.8) is 0 Å². The summed E-state index contributed by atoms with van der Waals surface area (Å²) in [5.74, 6) is -0.816. The fourth-order valence-corrected chi connectivity index (χ4v) is 4.62. The lowest BCUT2D eigenvalue weighted by Gasteiger charge is -2.24. The Morgan fingerprint density at radius 1 is 1.17 bits per heavy atom. The van der Waals surface area contributed by atoms with E-state index in [9.17, 15) is 21.6 Å². The summed E-state index contributed by atoms with van der Waals surface area (Å²) in [6, 6.07) is 9.70. The Morgan fingerprint density at radius 2 is 1.91 bits per heavy atom. The quantitative estimate of drug-likeness (QED) is 0.422. The molecule has 2 atom stereocenters. The molecule has 4 rings (SSSR count). The highest BCUT2D eigenvalue weighted by atomic mass is 35.5. The van der Waals surface area contributed by atoms with Gasteiger partial charge in [-0.2, -0.15) is 21.6 Å². The third-order valence-corrected chi connectivity index (χ3v) is 6.38. The number of alkyl halides is 3. The highest BCUT2D eigenvalue weighted by Gasteiger charge is 2.43. The Labute approximate surface area is 204 Å². The number of hydrogen-bond acceptors (Lipinski definition) is 7. The van der Waals surface area contributed by atoms with Gasteiger partial charge in [0.25, 0.3) is 10.1 Å². The van der Waals surface area contributed by atoms with Crippen molar-refractivity contribution in [2.75, 3.05) is 20.0 Å². The monoisotopic (exact) mass is 531 g/mol. The first-order valence-corrected chi connectivity index (χ1v) is 12.6. The van der Waals surface area contributed by atoms with Gasteiger partial charge in [-0.25, -0.2) is 0 Å². The van der Waals surface area contributed by atoms with Crippen LogP contribution in [0.5, 0.6) is 5.75 Å². The lowest BCUT2D eigenvalue weighted by atomic mass is 9.95. The summed E-state index contributed by atoms with van der Waals surface area (Å²) in [7, 11) is -2.28. The molecule has 1 aromatic heterocycles. The maximum absolute atomic E-state index is 13.9. The predicted molar refractivity (Wildman–Crippen MR) is 120 cm³/mol. The van der Waals surface area contributed by atoms with Crippen LogP contribution in [0.1, 0.15) is 47.0 Å². The summed E-state index contributed by atoms with van der Waals surface area (Å²) in [6.45, 7) is 1.47. The van der Waals surface area contributed by atoms with Crippen molar-refractivity contribution < 1.29 is 35.2 Å². The first-order chi connectivity index (χ1) is 16.4. The number of halogens is 4. The Bertz CT molecular complexity index is 1360. The molecule has 188 valence electrons. The molecule has 0 N–H and O–H groups in total. The first kappa shape index (κ1) is 25.4. The fourth-order valence-electron chi connectivity index (χ4n) is 4.04. The van der Waals surface area contributed by atoms with Crippen LogP contribution in [0.2, 0.25) is 5.02 Å². The molecule has 0 saturated carbocycles. The molecule has 2 heterocycles. The van der Waals surface area contributed by atoms with E-state index in [4.69, 9.17) is 25.3 Å². The number of aromatic nitrogens is 3. The van der Waals surface area contributed by atoms with E-state index < -0.39 is 34.3 Å². The smallest absolute Gasteiger partial charge is 0.452 e. The highest BCUT2D eigenvalue weighted by Crippen LogP contribution is 2.45. The van der Waals surface area contributed by atoms with Crippen LogP contribution in [0.4, 0.5) is 13.2 Å². The molecule has 13 heteroatoms. The number of ether oxygens (including phenoxy) is 2. The molecular weight excluding hydrogens is 511 g/mol. The molecule has 0 saturated heterocycles. The second-order valence-electron chi connectivity index (χ2n) is 7.91. The minimum atomic E-state index is -4.82. The van der Waals surface area contributed by atoms with Gasteiger partial charge in [0.1, 0.15) is 18.0 Å². The molecule has 1 aliphatic rings. The average Bonchev–Trinajstić information content (AvgIpc) is 3.16. The van der Waals surface area contributed by atoms with E-state index in [1.807, 2.05) is 0 Å². The predicted octanol–water partition coefficient (Wildman–Crippen LogP) is 4.78. The van der Waals surface area contributed by atoms with Crippen LogP contribution in [0, 0.1) is 6.92 Å². The summed E-state index contributed by atoms with van der Waals surface area (Å²) in [6.07, 6.45) is -6.02. The van der Waals surface area contributed by atoms with Crippen molar-refractivity contribution in [1.82, 2.24) is 14.8 Å². The van der Waals surface area contributed by atoms with Gasteiger partial charge in [0.05, 0.1) is 25.7 Å². The number of benzene rings is 2. The highest BCUT2D eigenvalue weighted by molar-refractivity contribution is 7.85. The van der Waals surface area contributed by atoms with Crippen LogP contribution in [0.25, 0.3) is 5.69 Å². The molecular formula is C22H21ClF3N3O5S. The summed E-state index contributed by atoms with van der Waals surface area (Å²) >= 11 is 6.25. The lowest BCUT2D eigenvalue weighted by Crippen LogP contribution is -2.17. The molecule has 0 unspecified atom stereocenters. The van der Waals surface area contributed by atoms with Gasteiger partial charge in [-0.3, -0.25) is 8.75 Å². The average molecular weight is 532 g/mol. The number of hydrogen-bond donors (Lipinski definition) is 0. The van der Waals surface area contributed by atoms with Crippen molar-refractivity contribution in [2.45, 2.75) is 31.7 Å². The molecule has 2 aromatic carbocycles. The molecule has 0 bridgehead atoms. The van der Waals surface area contributed by atoms with Gasteiger partial charge >= 0.3 is 6.18 Å². The van der Waals surface area contributed by atoms with Gasteiger partial charge in [0, 0.05) is 17.0 Å². The van der Waals surface area contributed by atoms with E-state index in [0.717, 1.165) is 10.8 Å². The van der Waals surface area contributed by atoms with E-state index in [1.54, 1.807) is 25.1 Å².